The lowest BCUT2D eigenvalue weighted by Crippen LogP contribution is -2.13. The summed E-state index contributed by atoms with van der Waals surface area (Å²) in [6.07, 6.45) is 0. The lowest BCUT2D eigenvalue weighted by molar-refractivity contribution is -0.384. The lowest BCUT2D eigenvalue weighted by atomic mass is 10.1. The van der Waals surface area contributed by atoms with Crippen molar-refractivity contribution in [2.75, 3.05) is 7.11 Å². The van der Waals surface area contributed by atoms with E-state index in [9.17, 15) is 14.9 Å². The van der Waals surface area contributed by atoms with Gasteiger partial charge in [-0.1, -0.05) is 11.6 Å². The van der Waals surface area contributed by atoms with Crippen molar-refractivity contribution < 1.29 is 14.5 Å². The first kappa shape index (κ1) is 11.3. The molecule has 1 rings (SSSR count). The van der Waals surface area contributed by atoms with Gasteiger partial charge in [0.15, 0.2) is 0 Å². The number of nitro groups is 1. The van der Waals surface area contributed by atoms with E-state index >= 15 is 0 Å². The van der Waals surface area contributed by atoms with Gasteiger partial charge in [-0.05, 0) is 0 Å². The molecule has 0 aliphatic rings. The van der Waals surface area contributed by atoms with Crippen molar-refractivity contribution in [2.24, 2.45) is 5.73 Å². The Labute approximate surface area is 89.7 Å². The van der Waals surface area contributed by atoms with Crippen LogP contribution in [0.5, 0.6) is 5.75 Å². The van der Waals surface area contributed by atoms with Gasteiger partial charge >= 0.3 is 0 Å². The number of hydrogen-bond acceptors (Lipinski definition) is 4. The van der Waals surface area contributed by atoms with Crippen LogP contribution in [-0.4, -0.2) is 17.9 Å². The Kier molecular flexibility index (Phi) is 3.11. The van der Waals surface area contributed by atoms with Crippen LogP contribution in [0.1, 0.15) is 10.4 Å². The molecule has 0 atom stereocenters. The maximum Gasteiger partial charge on any atom is 0.288 e. The van der Waals surface area contributed by atoms with Gasteiger partial charge in [0.1, 0.15) is 10.8 Å². The Balaban J connectivity index is 3.43. The number of rotatable bonds is 3. The average molecular weight is 231 g/mol. The highest BCUT2D eigenvalue weighted by molar-refractivity contribution is 6.33. The number of hydrogen-bond donors (Lipinski definition) is 1. The number of carbonyl (C=O) groups is 1. The summed E-state index contributed by atoms with van der Waals surface area (Å²) < 4.78 is 4.81. The van der Waals surface area contributed by atoms with Crippen molar-refractivity contribution in [1.29, 1.82) is 0 Å². The smallest absolute Gasteiger partial charge is 0.288 e. The third-order valence-corrected chi connectivity index (χ3v) is 2.03. The third-order valence-electron chi connectivity index (χ3n) is 1.73. The van der Waals surface area contributed by atoms with E-state index in [1.165, 1.54) is 13.2 Å². The van der Waals surface area contributed by atoms with Crippen LogP contribution >= 0.6 is 11.6 Å². The van der Waals surface area contributed by atoms with Crippen molar-refractivity contribution in [2.45, 2.75) is 0 Å². The predicted molar refractivity (Wildman–Crippen MR) is 53.2 cm³/mol. The molecule has 1 amide bonds. The summed E-state index contributed by atoms with van der Waals surface area (Å²) in [7, 11) is 1.31. The van der Waals surface area contributed by atoms with E-state index in [1.807, 2.05) is 0 Å². The van der Waals surface area contributed by atoms with Crippen LogP contribution in [0.4, 0.5) is 5.69 Å². The van der Waals surface area contributed by atoms with E-state index in [0.29, 0.717) is 0 Å². The molecule has 6 nitrogen and oxygen atoms in total. The molecule has 0 saturated heterocycles. The first-order chi connectivity index (χ1) is 6.97. The molecular weight excluding hydrogens is 224 g/mol. The van der Waals surface area contributed by atoms with E-state index in [0.717, 1.165) is 6.07 Å². The molecule has 0 aliphatic heterocycles. The van der Waals surface area contributed by atoms with E-state index in [1.54, 1.807) is 0 Å². The lowest BCUT2D eigenvalue weighted by Gasteiger charge is -2.05. The first-order valence-corrected chi connectivity index (χ1v) is 4.17. The maximum absolute atomic E-state index is 10.9. The molecule has 0 aromatic heterocycles. The Morgan fingerprint density at radius 2 is 2.20 bits per heavy atom. The monoisotopic (exact) mass is 230 g/mol. The summed E-state index contributed by atoms with van der Waals surface area (Å²) in [5.74, 6) is -0.704. The summed E-state index contributed by atoms with van der Waals surface area (Å²) >= 11 is 5.61. The van der Waals surface area contributed by atoms with Crippen molar-refractivity contribution in [3.63, 3.8) is 0 Å². The molecule has 0 aliphatic carbocycles. The highest BCUT2D eigenvalue weighted by Crippen LogP contribution is 2.31. The van der Waals surface area contributed by atoms with E-state index in [4.69, 9.17) is 22.1 Å². The molecule has 0 spiro atoms. The Morgan fingerprint density at radius 1 is 1.60 bits per heavy atom. The number of benzene rings is 1. The van der Waals surface area contributed by atoms with Gasteiger partial charge in [-0.15, -0.1) is 0 Å². The largest absolute Gasteiger partial charge is 0.496 e. The van der Waals surface area contributed by atoms with Crippen molar-refractivity contribution in [1.82, 2.24) is 0 Å². The van der Waals surface area contributed by atoms with Crippen LogP contribution in [0.3, 0.4) is 0 Å². The second-order valence-corrected chi connectivity index (χ2v) is 3.03. The van der Waals surface area contributed by atoms with Gasteiger partial charge < -0.3 is 10.5 Å². The SMILES string of the molecule is COc1cc(Cl)c([N+](=O)[O-])cc1C(N)=O. The summed E-state index contributed by atoms with van der Waals surface area (Å²) in [5.41, 5.74) is 4.57. The molecule has 0 unspecified atom stereocenters. The molecule has 0 radical (unpaired) electrons. The topological polar surface area (TPSA) is 95.5 Å². The zero-order valence-corrected chi connectivity index (χ0v) is 8.45. The zero-order chi connectivity index (χ0) is 11.6. The number of nitrogens with zero attached hydrogens (tertiary/aromatic N) is 1. The van der Waals surface area contributed by atoms with Crippen LogP contribution in [0.15, 0.2) is 12.1 Å². The summed E-state index contributed by atoms with van der Waals surface area (Å²) in [6, 6.07) is 2.17. The second kappa shape index (κ2) is 4.14. The number of halogens is 1. The van der Waals surface area contributed by atoms with E-state index in [2.05, 4.69) is 0 Å². The fourth-order valence-corrected chi connectivity index (χ4v) is 1.27. The van der Waals surface area contributed by atoms with Gasteiger partial charge in [0, 0.05) is 12.1 Å². The molecule has 0 bridgehead atoms. The Hall–Kier alpha value is -1.82. The highest BCUT2D eigenvalue weighted by Gasteiger charge is 2.19. The van der Waals surface area contributed by atoms with Gasteiger partial charge in [0.2, 0.25) is 0 Å². The van der Waals surface area contributed by atoms with Crippen LogP contribution in [-0.2, 0) is 0 Å². The highest BCUT2D eigenvalue weighted by atomic mass is 35.5. The van der Waals surface area contributed by atoms with Gasteiger partial charge in [0.05, 0.1) is 17.6 Å². The average Bonchev–Trinajstić information content (AvgIpc) is 2.16. The maximum atomic E-state index is 10.9. The van der Waals surface area contributed by atoms with Crippen LogP contribution in [0.2, 0.25) is 5.02 Å². The minimum Gasteiger partial charge on any atom is -0.496 e. The Bertz CT molecular complexity index is 433. The van der Waals surface area contributed by atoms with Crippen molar-refractivity contribution in [3.05, 3.63) is 32.8 Å². The van der Waals surface area contributed by atoms with Crippen LogP contribution < -0.4 is 10.5 Å². The number of primary amides is 1. The van der Waals surface area contributed by atoms with Crippen molar-refractivity contribution >= 4 is 23.2 Å². The molecule has 0 fully saturated rings. The summed E-state index contributed by atoms with van der Waals surface area (Å²) in [6.45, 7) is 0. The minimum atomic E-state index is -0.813. The molecule has 7 heteroatoms. The third kappa shape index (κ3) is 2.16. The Morgan fingerprint density at radius 3 is 2.60 bits per heavy atom. The molecule has 80 valence electrons. The number of nitro benzene ring substituents is 1. The number of methoxy groups -OCH3 is 1. The molecule has 0 saturated carbocycles. The summed E-state index contributed by atoms with van der Waals surface area (Å²) in [5, 5.41) is 10.4. The van der Waals surface area contributed by atoms with Crippen LogP contribution in [0, 0.1) is 10.1 Å². The molecule has 15 heavy (non-hydrogen) atoms. The molecular formula is C8H7ClN2O4. The number of carbonyl (C=O) groups excluding carboxylic acids is 1. The van der Waals surface area contributed by atoms with Crippen molar-refractivity contribution in [3.8, 4) is 5.75 Å². The zero-order valence-electron chi connectivity index (χ0n) is 7.69. The standard InChI is InChI=1S/C8H7ClN2O4/c1-15-7-3-5(9)6(11(13)14)2-4(7)8(10)12/h2-3H,1H3,(H2,10,12). The normalized spacial score (nSPS) is 9.73. The van der Waals surface area contributed by atoms with Gasteiger partial charge in [-0.2, -0.15) is 0 Å². The number of amides is 1. The van der Waals surface area contributed by atoms with E-state index < -0.39 is 10.8 Å². The molecule has 2 N–H and O–H groups in total. The first-order valence-electron chi connectivity index (χ1n) is 3.79. The van der Waals surface area contributed by atoms with Crippen LogP contribution in [0.25, 0.3) is 0 Å². The van der Waals surface area contributed by atoms with Gasteiger partial charge in [-0.3, -0.25) is 14.9 Å². The van der Waals surface area contributed by atoms with Gasteiger partial charge in [-0.25, -0.2) is 0 Å². The predicted octanol–water partition coefficient (Wildman–Crippen LogP) is 1.36. The second-order valence-electron chi connectivity index (χ2n) is 2.63. The fraction of sp³-hybridized carbons (Fsp3) is 0.125. The fourth-order valence-electron chi connectivity index (χ4n) is 1.04. The molecule has 1 aromatic rings. The van der Waals surface area contributed by atoms with E-state index in [-0.39, 0.29) is 22.0 Å². The summed E-state index contributed by atoms with van der Waals surface area (Å²) in [4.78, 5) is 20.8. The molecule has 0 heterocycles. The number of nitrogens with two attached hydrogens (primary N) is 1. The van der Waals surface area contributed by atoms with Gasteiger partial charge in [0.25, 0.3) is 11.6 Å². The minimum absolute atomic E-state index is 0.0754. The molecule has 1 aromatic carbocycles. The number of ether oxygens (including phenoxy) is 1. The quantitative estimate of drug-likeness (QED) is 0.626.